The van der Waals surface area contributed by atoms with Crippen LogP contribution in [0.3, 0.4) is 0 Å². The summed E-state index contributed by atoms with van der Waals surface area (Å²) in [5.74, 6) is -0.412. The maximum Gasteiger partial charge on any atom is 0.335 e. The van der Waals surface area contributed by atoms with Crippen molar-refractivity contribution in [2.75, 3.05) is 11.5 Å². The van der Waals surface area contributed by atoms with E-state index in [2.05, 4.69) is 36.5 Å². The van der Waals surface area contributed by atoms with E-state index < -0.39 is 17.8 Å². The van der Waals surface area contributed by atoms with Gasteiger partial charge in [0.25, 0.3) is 11.8 Å². The number of barbiturate groups is 1. The van der Waals surface area contributed by atoms with Crippen molar-refractivity contribution in [2.24, 2.45) is 0 Å². The molecular formula is C32H28N2O5. The summed E-state index contributed by atoms with van der Waals surface area (Å²) in [5, 5.41) is 4.54. The molecule has 0 radical (unpaired) electrons. The van der Waals surface area contributed by atoms with Gasteiger partial charge in [0.2, 0.25) is 0 Å². The van der Waals surface area contributed by atoms with Gasteiger partial charge < -0.3 is 9.47 Å². The summed E-state index contributed by atoms with van der Waals surface area (Å²) in [6, 6.07) is 23.8. The zero-order chi connectivity index (χ0) is 27.5. The van der Waals surface area contributed by atoms with Crippen molar-refractivity contribution in [2.45, 2.75) is 27.4 Å². The molecule has 7 nitrogen and oxygen atoms in total. The molecule has 7 heteroatoms. The van der Waals surface area contributed by atoms with E-state index in [-0.39, 0.29) is 5.57 Å². The average Bonchev–Trinajstić information content (AvgIpc) is 2.92. The molecule has 0 unspecified atom stereocenters. The van der Waals surface area contributed by atoms with Crippen LogP contribution in [-0.2, 0) is 16.2 Å². The van der Waals surface area contributed by atoms with Crippen LogP contribution in [0.25, 0.3) is 16.8 Å². The van der Waals surface area contributed by atoms with Crippen LogP contribution in [-0.4, -0.2) is 24.5 Å². The normalized spacial score (nSPS) is 14.6. The molecule has 0 saturated carbocycles. The fraction of sp³-hybridized carbons (Fsp3) is 0.156. The van der Waals surface area contributed by atoms with Gasteiger partial charge in [-0.3, -0.25) is 14.9 Å². The predicted octanol–water partition coefficient (Wildman–Crippen LogP) is 6.10. The minimum atomic E-state index is -0.779. The predicted molar refractivity (Wildman–Crippen MR) is 151 cm³/mol. The second kappa shape index (κ2) is 10.8. The highest BCUT2D eigenvalue weighted by molar-refractivity contribution is 6.39. The topological polar surface area (TPSA) is 84.9 Å². The maximum atomic E-state index is 13.3. The molecule has 1 aliphatic heterocycles. The van der Waals surface area contributed by atoms with Crippen LogP contribution in [0.15, 0.2) is 84.4 Å². The van der Waals surface area contributed by atoms with Crippen molar-refractivity contribution in [1.82, 2.24) is 5.32 Å². The lowest BCUT2D eigenvalue weighted by atomic mass is 10.0. The number of fused-ring (bicyclic) bond motifs is 1. The molecule has 1 saturated heterocycles. The number of nitrogens with one attached hydrogen (secondary N) is 1. The number of benzene rings is 4. The molecule has 4 amide bonds. The van der Waals surface area contributed by atoms with Crippen molar-refractivity contribution in [3.63, 3.8) is 0 Å². The summed E-state index contributed by atoms with van der Waals surface area (Å²) < 4.78 is 12.1. The Morgan fingerprint density at radius 2 is 1.59 bits per heavy atom. The van der Waals surface area contributed by atoms with Gasteiger partial charge in [-0.05, 0) is 72.5 Å². The molecular weight excluding hydrogens is 492 g/mol. The lowest BCUT2D eigenvalue weighted by Gasteiger charge is -2.27. The van der Waals surface area contributed by atoms with Gasteiger partial charge in [-0.1, -0.05) is 60.7 Å². The van der Waals surface area contributed by atoms with Crippen LogP contribution in [0.2, 0.25) is 0 Å². The summed E-state index contributed by atoms with van der Waals surface area (Å²) >= 11 is 0. The van der Waals surface area contributed by atoms with Gasteiger partial charge in [0.15, 0.2) is 11.5 Å². The number of imide groups is 2. The molecule has 1 heterocycles. The zero-order valence-electron chi connectivity index (χ0n) is 22.0. The number of amides is 4. The van der Waals surface area contributed by atoms with E-state index in [9.17, 15) is 14.4 Å². The first-order valence-electron chi connectivity index (χ1n) is 12.7. The Morgan fingerprint density at radius 1 is 0.821 bits per heavy atom. The number of ether oxygens (including phenoxy) is 2. The third kappa shape index (κ3) is 5.11. The first kappa shape index (κ1) is 25.7. The molecule has 1 N–H and O–H groups in total. The van der Waals surface area contributed by atoms with Crippen LogP contribution in [0, 0.1) is 13.8 Å². The number of anilines is 1. The first-order valence-corrected chi connectivity index (χ1v) is 12.7. The first-order chi connectivity index (χ1) is 18.9. The minimum Gasteiger partial charge on any atom is -0.490 e. The molecule has 0 aromatic heterocycles. The van der Waals surface area contributed by atoms with Gasteiger partial charge in [-0.15, -0.1) is 0 Å². The Labute approximate surface area is 226 Å². The van der Waals surface area contributed by atoms with Gasteiger partial charge in [-0.25, -0.2) is 9.69 Å². The monoisotopic (exact) mass is 520 g/mol. The molecule has 5 rings (SSSR count). The average molecular weight is 521 g/mol. The Hall–Kier alpha value is -4.91. The second-order valence-corrected chi connectivity index (χ2v) is 9.25. The van der Waals surface area contributed by atoms with Crippen LogP contribution < -0.4 is 19.7 Å². The summed E-state index contributed by atoms with van der Waals surface area (Å²) in [6.45, 7) is 6.47. The molecule has 39 heavy (non-hydrogen) atoms. The Balaban J connectivity index is 1.44. The van der Waals surface area contributed by atoms with Crippen LogP contribution in [0.1, 0.15) is 29.2 Å². The van der Waals surface area contributed by atoms with E-state index in [1.165, 1.54) is 6.08 Å². The quantitative estimate of drug-likeness (QED) is 0.235. The van der Waals surface area contributed by atoms with Crippen molar-refractivity contribution in [3.05, 3.63) is 107 Å². The van der Waals surface area contributed by atoms with E-state index in [4.69, 9.17) is 9.47 Å². The fourth-order valence-electron chi connectivity index (χ4n) is 4.65. The zero-order valence-corrected chi connectivity index (χ0v) is 22.0. The number of carbonyl (C=O) groups is 3. The number of urea groups is 1. The summed E-state index contributed by atoms with van der Waals surface area (Å²) in [6.07, 6.45) is 1.45. The van der Waals surface area contributed by atoms with Crippen LogP contribution >= 0.6 is 0 Å². The lowest BCUT2D eigenvalue weighted by Crippen LogP contribution is -2.54. The lowest BCUT2D eigenvalue weighted by molar-refractivity contribution is -0.122. The van der Waals surface area contributed by atoms with E-state index in [1.54, 1.807) is 43.3 Å². The smallest absolute Gasteiger partial charge is 0.335 e. The Kier molecular flexibility index (Phi) is 7.14. The minimum absolute atomic E-state index is 0.152. The third-order valence-electron chi connectivity index (χ3n) is 6.68. The summed E-state index contributed by atoms with van der Waals surface area (Å²) in [5.41, 5.74) is 3.77. The summed E-state index contributed by atoms with van der Waals surface area (Å²) in [7, 11) is 0. The van der Waals surface area contributed by atoms with Crippen LogP contribution in [0.5, 0.6) is 11.5 Å². The molecule has 1 aliphatic rings. The third-order valence-corrected chi connectivity index (χ3v) is 6.68. The van der Waals surface area contributed by atoms with Gasteiger partial charge in [-0.2, -0.15) is 0 Å². The maximum absolute atomic E-state index is 13.3. The molecule has 0 bridgehead atoms. The number of carbonyl (C=O) groups excluding carboxylic acids is 3. The van der Waals surface area contributed by atoms with Gasteiger partial charge in [0, 0.05) is 5.56 Å². The van der Waals surface area contributed by atoms with E-state index in [0.717, 1.165) is 32.4 Å². The molecule has 1 fully saturated rings. The van der Waals surface area contributed by atoms with Crippen molar-refractivity contribution in [3.8, 4) is 11.5 Å². The van der Waals surface area contributed by atoms with Gasteiger partial charge >= 0.3 is 6.03 Å². The Morgan fingerprint density at radius 3 is 2.38 bits per heavy atom. The highest BCUT2D eigenvalue weighted by Crippen LogP contribution is 2.32. The SMILES string of the molecule is CCOc1cc(/C=C2\C(=O)NC(=O)N(c3ccccc3C)C2=O)ccc1OCc1c(C)ccc2ccccc12. The fourth-order valence-corrected chi connectivity index (χ4v) is 4.65. The largest absolute Gasteiger partial charge is 0.490 e. The standard InChI is InChI=1S/C32H28N2O5/c1-4-38-29-18-22(14-16-28(29)39-19-26-20(2)13-15-23-10-6-7-11-24(23)26)17-25-30(35)33-32(37)34(31(25)36)27-12-8-5-9-21(27)3/h5-18H,4,19H2,1-3H3,(H,33,35,37)/b25-17+. The highest BCUT2D eigenvalue weighted by Gasteiger charge is 2.37. The highest BCUT2D eigenvalue weighted by atomic mass is 16.5. The number of hydrogen-bond donors (Lipinski definition) is 1. The number of nitrogens with zero attached hydrogens (tertiary/aromatic N) is 1. The van der Waals surface area contributed by atoms with Crippen molar-refractivity contribution >= 4 is 40.4 Å². The van der Waals surface area contributed by atoms with Gasteiger partial charge in [0.1, 0.15) is 12.2 Å². The number of hydrogen-bond acceptors (Lipinski definition) is 5. The number of aryl methyl sites for hydroxylation is 2. The molecule has 0 atom stereocenters. The Bertz CT molecular complexity index is 1640. The second-order valence-electron chi connectivity index (χ2n) is 9.25. The molecule has 0 aliphatic carbocycles. The molecule has 196 valence electrons. The van der Waals surface area contributed by atoms with Crippen LogP contribution in [0.4, 0.5) is 10.5 Å². The van der Waals surface area contributed by atoms with E-state index in [1.807, 2.05) is 25.1 Å². The molecule has 4 aromatic rings. The molecule has 0 spiro atoms. The number of rotatable bonds is 7. The van der Waals surface area contributed by atoms with E-state index >= 15 is 0 Å². The molecule has 4 aromatic carbocycles. The van der Waals surface area contributed by atoms with Crippen molar-refractivity contribution < 1.29 is 23.9 Å². The van der Waals surface area contributed by atoms with Gasteiger partial charge in [0.05, 0.1) is 12.3 Å². The summed E-state index contributed by atoms with van der Waals surface area (Å²) in [4.78, 5) is 39.5. The van der Waals surface area contributed by atoms with E-state index in [0.29, 0.717) is 36.0 Å². The van der Waals surface area contributed by atoms with Crippen molar-refractivity contribution in [1.29, 1.82) is 0 Å². The number of para-hydroxylation sites is 1.